The Bertz CT molecular complexity index is 1050. The third kappa shape index (κ3) is 3.62. The standard InChI is InChI=1S/C22H19ClFNO3/c1-14-9-15-5-2-3-8-20(15)25(14)11-16-10-21(26)22(13-27-16)28-12-17-18(23)6-4-7-19(17)24/h2-8,10,13-14H,9,11-12H2,1H3/t14-/m1/s1. The van der Waals surface area contributed by atoms with Crippen LogP contribution in [0.5, 0.6) is 5.75 Å². The smallest absolute Gasteiger partial charge is 0.227 e. The van der Waals surface area contributed by atoms with Gasteiger partial charge in [-0.05, 0) is 37.1 Å². The van der Waals surface area contributed by atoms with E-state index in [4.69, 9.17) is 20.8 Å². The van der Waals surface area contributed by atoms with E-state index < -0.39 is 5.82 Å². The molecule has 0 fully saturated rings. The molecule has 2 aromatic carbocycles. The maximum atomic E-state index is 13.8. The number of nitrogens with zero attached hydrogens (tertiary/aromatic N) is 1. The first-order valence-corrected chi connectivity index (χ1v) is 9.42. The third-order valence-corrected chi connectivity index (χ3v) is 5.31. The lowest BCUT2D eigenvalue weighted by molar-refractivity contribution is 0.284. The van der Waals surface area contributed by atoms with E-state index >= 15 is 0 Å². The van der Waals surface area contributed by atoms with Crippen LogP contribution in [0.2, 0.25) is 5.02 Å². The van der Waals surface area contributed by atoms with Gasteiger partial charge in [0.1, 0.15) is 24.4 Å². The van der Waals surface area contributed by atoms with E-state index in [1.807, 2.05) is 12.1 Å². The fourth-order valence-electron chi connectivity index (χ4n) is 3.49. The Morgan fingerprint density at radius 3 is 2.86 bits per heavy atom. The Morgan fingerprint density at radius 1 is 1.25 bits per heavy atom. The van der Waals surface area contributed by atoms with Gasteiger partial charge in [-0.3, -0.25) is 4.79 Å². The van der Waals surface area contributed by atoms with Crippen LogP contribution in [0.25, 0.3) is 0 Å². The molecule has 1 aliphatic rings. The van der Waals surface area contributed by atoms with Gasteiger partial charge in [0.25, 0.3) is 0 Å². The van der Waals surface area contributed by atoms with Crippen LogP contribution in [0.4, 0.5) is 10.1 Å². The lowest BCUT2D eigenvalue weighted by atomic mass is 10.1. The van der Waals surface area contributed by atoms with Crippen molar-refractivity contribution in [3.8, 4) is 5.75 Å². The summed E-state index contributed by atoms with van der Waals surface area (Å²) in [5, 5.41) is 0.252. The third-order valence-electron chi connectivity index (χ3n) is 4.96. The van der Waals surface area contributed by atoms with Crippen LogP contribution < -0.4 is 15.1 Å². The summed E-state index contributed by atoms with van der Waals surface area (Å²) in [6, 6.07) is 14.4. The normalized spacial score (nSPS) is 15.5. The van der Waals surface area contributed by atoms with Gasteiger partial charge in [-0.1, -0.05) is 35.9 Å². The zero-order chi connectivity index (χ0) is 19.7. The number of fused-ring (bicyclic) bond motifs is 1. The summed E-state index contributed by atoms with van der Waals surface area (Å²) in [5.74, 6) is 0.0953. The predicted molar refractivity (Wildman–Crippen MR) is 107 cm³/mol. The van der Waals surface area contributed by atoms with Gasteiger partial charge >= 0.3 is 0 Å². The number of rotatable bonds is 5. The zero-order valence-corrected chi connectivity index (χ0v) is 16.1. The molecule has 0 saturated carbocycles. The molecular formula is C22H19ClFNO3. The van der Waals surface area contributed by atoms with Crippen LogP contribution >= 0.6 is 11.6 Å². The molecule has 3 aromatic rings. The second-order valence-corrected chi connectivity index (χ2v) is 7.28. The highest BCUT2D eigenvalue weighted by Crippen LogP contribution is 2.33. The quantitative estimate of drug-likeness (QED) is 0.608. The molecule has 1 aliphatic heterocycles. The van der Waals surface area contributed by atoms with Gasteiger partial charge in [0.05, 0.1) is 11.6 Å². The first-order valence-electron chi connectivity index (χ1n) is 9.05. The summed E-state index contributed by atoms with van der Waals surface area (Å²) in [7, 11) is 0. The summed E-state index contributed by atoms with van der Waals surface area (Å²) in [6.07, 6.45) is 2.24. The molecular weight excluding hydrogens is 381 g/mol. The van der Waals surface area contributed by atoms with Crippen molar-refractivity contribution >= 4 is 17.3 Å². The summed E-state index contributed by atoms with van der Waals surface area (Å²) >= 11 is 5.98. The SMILES string of the molecule is C[C@@H]1Cc2ccccc2N1Cc1cc(=O)c(OCc2c(F)cccc2Cl)co1. The summed E-state index contributed by atoms with van der Waals surface area (Å²) < 4.78 is 24.9. The van der Waals surface area contributed by atoms with Gasteiger partial charge < -0.3 is 14.1 Å². The molecule has 0 spiro atoms. The van der Waals surface area contributed by atoms with Gasteiger partial charge in [0.15, 0.2) is 0 Å². The highest BCUT2D eigenvalue weighted by Gasteiger charge is 2.26. The van der Waals surface area contributed by atoms with Crippen molar-refractivity contribution in [1.29, 1.82) is 0 Å². The average molecular weight is 400 g/mol. The Balaban J connectivity index is 1.49. The van der Waals surface area contributed by atoms with Gasteiger partial charge in [0, 0.05) is 23.4 Å². The average Bonchev–Trinajstić information content (AvgIpc) is 2.98. The van der Waals surface area contributed by atoms with E-state index in [0.29, 0.717) is 18.3 Å². The minimum atomic E-state index is -0.477. The van der Waals surface area contributed by atoms with Crippen molar-refractivity contribution in [1.82, 2.24) is 0 Å². The predicted octanol–water partition coefficient (Wildman–Crippen LogP) is 4.96. The number of hydrogen-bond acceptors (Lipinski definition) is 4. The minimum Gasteiger partial charge on any atom is -0.482 e. The Morgan fingerprint density at radius 2 is 2.07 bits per heavy atom. The molecule has 144 valence electrons. The number of ether oxygens (including phenoxy) is 1. The Kier molecular flexibility index (Phi) is 5.09. The van der Waals surface area contributed by atoms with Gasteiger partial charge in [-0.25, -0.2) is 4.39 Å². The first-order chi connectivity index (χ1) is 13.5. The molecule has 0 amide bonds. The summed E-state index contributed by atoms with van der Waals surface area (Å²) in [6.45, 7) is 2.49. The fourth-order valence-corrected chi connectivity index (χ4v) is 3.70. The molecule has 0 radical (unpaired) electrons. The van der Waals surface area contributed by atoms with Crippen LogP contribution in [-0.4, -0.2) is 6.04 Å². The lowest BCUT2D eigenvalue weighted by Gasteiger charge is -2.24. The summed E-state index contributed by atoms with van der Waals surface area (Å²) in [5.41, 5.74) is 2.34. The van der Waals surface area contributed by atoms with E-state index in [1.54, 1.807) is 6.07 Å². The second-order valence-electron chi connectivity index (χ2n) is 6.87. The van der Waals surface area contributed by atoms with Crippen LogP contribution in [0, 0.1) is 5.82 Å². The fraction of sp³-hybridized carbons (Fsp3) is 0.227. The molecule has 0 aliphatic carbocycles. The number of hydrogen-bond donors (Lipinski definition) is 0. The molecule has 0 bridgehead atoms. The van der Waals surface area contributed by atoms with E-state index in [1.165, 1.54) is 30.0 Å². The van der Waals surface area contributed by atoms with Crippen molar-refractivity contribution in [3.63, 3.8) is 0 Å². The topological polar surface area (TPSA) is 42.7 Å². The highest BCUT2D eigenvalue weighted by molar-refractivity contribution is 6.31. The number of anilines is 1. The van der Waals surface area contributed by atoms with Crippen molar-refractivity contribution < 1.29 is 13.5 Å². The van der Waals surface area contributed by atoms with Crippen LogP contribution in [0.1, 0.15) is 23.8 Å². The second kappa shape index (κ2) is 7.68. The Hall–Kier alpha value is -2.79. The van der Waals surface area contributed by atoms with Crippen molar-refractivity contribution in [2.45, 2.75) is 32.5 Å². The van der Waals surface area contributed by atoms with E-state index in [0.717, 1.165) is 12.1 Å². The maximum Gasteiger partial charge on any atom is 0.227 e. The van der Waals surface area contributed by atoms with Crippen LogP contribution in [0.3, 0.4) is 0 Å². The summed E-state index contributed by atoms with van der Waals surface area (Å²) in [4.78, 5) is 14.6. The minimum absolute atomic E-state index is 0.0259. The maximum absolute atomic E-state index is 13.8. The van der Waals surface area contributed by atoms with Crippen molar-refractivity contribution in [2.24, 2.45) is 0 Å². The molecule has 0 saturated heterocycles. The molecule has 4 nitrogen and oxygen atoms in total. The molecule has 0 N–H and O–H groups in total. The molecule has 2 heterocycles. The molecule has 0 unspecified atom stereocenters. The first kappa shape index (κ1) is 18.6. The number of para-hydroxylation sites is 1. The Labute approximate surface area is 167 Å². The zero-order valence-electron chi connectivity index (χ0n) is 15.3. The van der Waals surface area contributed by atoms with E-state index in [-0.39, 0.29) is 28.4 Å². The van der Waals surface area contributed by atoms with E-state index in [2.05, 4.69) is 24.0 Å². The number of benzene rings is 2. The highest BCUT2D eigenvalue weighted by atomic mass is 35.5. The van der Waals surface area contributed by atoms with Crippen molar-refractivity contribution in [2.75, 3.05) is 4.90 Å². The van der Waals surface area contributed by atoms with Crippen LogP contribution in [0.15, 0.2) is 64.0 Å². The monoisotopic (exact) mass is 399 g/mol. The lowest BCUT2D eigenvalue weighted by Crippen LogP contribution is -2.29. The van der Waals surface area contributed by atoms with Gasteiger partial charge in [0.2, 0.25) is 11.2 Å². The van der Waals surface area contributed by atoms with E-state index in [9.17, 15) is 9.18 Å². The van der Waals surface area contributed by atoms with Gasteiger partial charge in [-0.15, -0.1) is 0 Å². The molecule has 1 atom stereocenters. The molecule has 4 rings (SSSR count). The van der Waals surface area contributed by atoms with Crippen LogP contribution in [-0.2, 0) is 19.6 Å². The van der Waals surface area contributed by atoms with Gasteiger partial charge in [-0.2, -0.15) is 0 Å². The van der Waals surface area contributed by atoms with Crippen molar-refractivity contribution in [3.05, 3.63) is 92.7 Å². The molecule has 28 heavy (non-hydrogen) atoms. The largest absolute Gasteiger partial charge is 0.482 e. The number of halogens is 2. The molecule has 6 heteroatoms. The molecule has 1 aromatic heterocycles.